The summed E-state index contributed by atoms with van der Waals surface area (Å²) in [6.45, 7) is 10.3. The number of nitrogens with zero attached hydrogens (tertiary/aromatic N) is 2. The van der Waals surface area contributed by atoms with Crippen LogP contribution in [0.2, 0.25) is 0 Å². The van der Waals surface area contributed by atoms with Gasteiger partial charge in [0, 0.05) is 32.2 Å². The van der Waals surface area contributed by atoms with Crippen molar-refractivity contribution in [3.8, 4) is 5.75 Å². The largest absolute Gasteiger partial charge is 0.494 e. The van der Waals surface area contributed by atoms with Crippen LogP contribution in [0, 0.1) is 12.3 Å². The zero-order chi connectivity index (χ0) is 24.8. The predicted octanol–water partition coefficient (Wildman–Crippen LogP) is 4.66. The molecule has 7 heteroatoms. The molecular formula is C28H41N3O4. The number of amides is 2. The molecule has 0 radical (unpaired) electrons. The van der Waals surface area contributed by atoms with Gasteiger partial charge in [-0.3, -0.25) is 9.69 Å². The Hall–Kier alpha value is -2.28. The SMILES string of the molecule is CCOc1cc(CN2CCC3(CC2)CN(C2CCC(C)(C(=O)O)CC2)C(=O)N3)c(C2CC2)cc1C. The van der Waals surface area contributed by atoms with Crippen LogP contribution in [-0.2, 0) is 11.3 Å². The number of nitrogens with one attached hydrogen (secondary N) is 1. The van der Waals surface area contributed by atoms with Crippen molar-refractivity contribution in [1.82, 2.24) is 15.1 Å². The van der Waals surface area contributed by atoms with Gasteiger partial charge in [0.15, 0.2) is 0 Å². The second kappa shape index (κ2) is 9.30. The lowest BCUT2D eigenvalue weighted by Gasteiger charge is -2.40. The molecule has 2 aliphatic heterocycles. The standard InChI is InChI=1S/C28H41N3O4/c1-4-35-24-16-21(23(15-19(24)2)20-5-6-20)17-30-13-11-28(12-14-30)18-31(26(34)29-28)22-7-9-27(3,10-8-22)25(32)33/h15-16,20,22H,4-14,17-18H2,1-3H3,(H,29,34)(H,32,33). The maximum Gasteiger partial charge on any atom is 0.318 e. The molecule has 2 aliphatic carbocycles. The summed E-state index contributed by atoms with van der Waals surface area (Å²) < 4.78 is 5.90. The van der Waals surface area contributed by atoms with E-state index in [0.717, 1.165) is 57.6 Å². The van der Waals surface area contributed by atoms with E-state index in [1.165, 1.54) is 29.5 Å². The lowest BCUT2D eigenvalue weighted by Crippen LogP contribution is -2.52. The number of hydrogen-bond donors (Lipinski definition) is 2. The number of benzene rings is 1. The number of likely N-dealkylation sites (tertiary alicyclic amines) is 1. The van der Waals surface area contributed by atoms with E-state index in [-0.39, 0.29) is 17.6 Å². The van der Waals surface area contributed by atoms with Crippen LogP contribution in [0.3, 0.4) is 0 Å². The Bertz CT molecular complexity index is 973. The number of urea groups is 1. The fourth-order valence-corrected chi connectivity index (χ4v) is 6.43. The monoisotopic (exact) mass is 483 g/mol. The maximum atomic E-state index is 12.9. The lowest BCUT2D eigenvalue weighted by molar-refractivity contribution is -0.150. The molecule has 0 unspecified atom stereocenters. The van der Waals surface area contributed by atoms with Crippen molar-refractivity contribution in [3.05, 3.63) is 28.8 Å². The van der Waals surface area contributed by atoms with Crippen molar-refractivity contribution in [2.45, 2.75) is 96.2 Å². The first kappa shape index (κ1) is 24.4. The lowest BCUT2D eigenvalue weighted by atomic mass is 9.73. The van der Waals surface area contributed by atoms with Gasteiger partial charge in [0.2, 0.25) is 0 Å². The Morgan fingerprint density at radius 1 is 1.14 bits per heavy atom. The van der Waals surface area contributed by atoms with E-state index in [9.17, 15) is 14.7 Å². The fraction of sp³-hybridized carbons (Fsp3) is 0.714. The van der Waals surface area contributed by atoms with Crippen LogP contribution in [0.15, 0.2) is 12.1 Å². The molecule has 192 valence electrons. The Morgan fingerprint density at radius 3 is 2.43 bits per heavy atom. The molecule has 0 bridgehead atoms. The molecule has 0 atom stereocenters. The summed E-state index contributed by atoms with van der Waals surface area (Å²) in [4.78, 5) is 29.1. The number of aliphatic carboxylic acids is 1. The number of ether oxygens (including phenoxy) is 1. The van der Waals surface area contributed by atoms with Gasteiger partial charge in [0.1, 0.15) is 5.75 Å². The number of carbonyl (C=O) groups excluding carboxylic acids is 1. The van der Waals surface area contributed by atoms with E-state index in [1.54, 1.807) is 0 Å². The molecule has 0 aromatic heterocycles. The van der Waals surface area contributed by atoms with Gasteiger partial charge in [-0.1, -0.05) is 6.07 Å². The molecule has 35 heavy (non-hydrogen) atoms. The average molecular weight is 484 g/mol. The summed E-state index contributed by atoms with van der Waals surface area (Å²) in [5.41, 5.74) is 3.34. The molecule has 4 fully saturated rings. The normalized spacial score (nSPS) is 28.8. The van der Waals surface area contributed by atoms with Crippen molar-refractivity contribution in [1.29, 1.82) is 0 Å². The zero-order valence-electron chi connectivity index (χ0n) is 21.6. The highest BCUT2D eigenvalue weighted by Gasteiger charge is 2.48. The molecule has 1 spiro atoms. The van der Waals surface area contributed by atoms with Crippen LogP contribution in [0.5, 0.6) is 5.75 Å². The van der Waals surface area contributed by atoms with E-state index in [0.29, 0.717) is 25.4 Å². The Balaban J connectivity index is 1.20. The van der Waals surface area contributed by atoms with Crippen molar-refractivity contribution >= 4 is 12.0 Å². The number of carboxylic acids is 1. The van der Waals surface area contributed by atoms with E-state index >= 15 is 0 Å². The number of rotatable bonds is 7. The number of carboxylic acid groups (broad SMARTS) is 1. The summed E-state index contributed by atoms with van der Waals surface area (Å²) in [5.74, 6) is 1.000. The summed E-state index contributed by atoms with van der Waals surface area (Å²) in [7, 11) is 0. The van der Waals surface area contributed by atoms with E-state index in [2.05, 4.69) is 29.3 Å². The summed E-state index contributed by atoms with van der Waals surface area (Å²) in [6.07, 6.45) is 7.32. The third-order valence-electron chi connectivity index (χ3n) is 9.08. The van der Waals surface area contributed by atoms with Crippen LogP contribution in [0.4, 0.5) is 4.79 Å². The summed E-state index contributed by atoms with van der Waals surface area (Å²) in [6, 6.07) is 4.81. The third-order valence-corrected chi connectivity index (χ3v) is 9.08. The van der Waals surface area contributed by atoms with Gasteiger partial charge in [-0.25, -0.2) is 4.79 Å². The van der Waals surface area contributed by atoms with Crippen LogP contribution in [0.25, 0.3) is 0 Å². The Morgan fingerprint density at radius 2 is 1.83 bits per heavy atom. The summed E-state index contributed by atoms with van der Waals surface area (Å²) in [5, 5.41) is 12.9. The van der Waals surface area contributed by atoms with Gasteiger partial charge in [-0.15, -0.1) is 0 Å². The molecule has 1 aromatic carbocycles. The first-order valence-electron chi connectivity index (χ1n) is 13.5. The van der Waals surface area contributed by atoms with Gasteiger partial charge < -0.3 is 20.1 Å². The topological polar surface area (TPSA) is 82.1 Å². The third kappa shape index (κ3) is 4.89. The van der Waals surface area contributed by atoms with Crippen LogP contribution < -0.4 is 10.1 Å². The van der Waals surface area contributed by atoms with E-state index in [1.807, 2.05) is 18.7 Å². The second-order valence-corrected chi connectivity index (χ2v) is 11.7. The second-order valence-electron chi connectivity index (χ2n) is 11.7. The van der Waals surface area contributed by atoms with Crippen molar-refractivity contribution in [2.24, 2.45) is 5.41 Å². The zero-order valence-corrected chi connectivity index (χ0v) is 21.6. The smallest absolute Gasteiger partial charge is 0.318 e. The van der Waals surface area contributed by atoms with Crippen LogP contribution in [-0.4, -0.2) is 64.7 Å². The molecule has 1 aromatic rings. The molecular weight excluding hydrogens is 442 g/mol. The predicted molar refractivity (Wildman–Crippen MR) is 135 cm³/mol. The number of piperidine rings is 1. The van der Waals surface area contributed by atoms with Crippen LogP contribution in [0.1, 0.15) is 87.8 Å². The Labute approximate surface area is 209 Å². The van der Waals surface area contributed by atoms with E-state index in [4.69, 9.17) is 4.74 Å². The highest BCUT2D eigenvalue weighted by molar-refractivity contribution is 5.78. The molecule has 5 rings (SSSR count). The number of hydrogen-bond acceptors (Lipinski definition) is 4. The van der Waals surface area contributed by atoms with Gasteiger partial charge >= 0.3 is 12.0 Å². The summed E-state index contributed by atoms with van der Waals surface area (Å²) >= 11 is 0. The maximum absolute atomic E-state index is 12.9. The molecule has 2 saturated heterocycles. The average Bonchev–Trinajstić information content (AvgIpc) is 3.62. The highest BCUT2D eigenvalue weighted by Crippen LogP contribution is 2.44. The van der Waals surface area contributed by atoms with Crippen molar-refractivity contribution < 1.29 is 19.4 Å². The minimum atomic E-state index is -0.711. The first-order chi connectivity index (χ1) is 16.7. The quantitative estimate of drug-likeness (QED) is 0.589. The highest BCUT2D eigenvalue weighted by atomic mass is 16.5. The molecule has 2 heterocycles. The molecule has 2 N–H and O–H groups in total. The Kier molecular flexibility index (Phi) is 6.49. The molecule has 4 aliphatic rings. The van der Waals surface area contributed by atoms with Gasteiger partial charge in [0.25, 0.3) is 0 Å². The van der Waals surface area contributed by atoms with Gasteiger partial charge in [-0.05, 0) is 101 Å². The molecule has 2 saturated carbocycles. The van der Waals surface area contributed by atoms with Crippen LogP contribution >= 0.6 is 0 Å². The van der Waals surface area contributed by atoms with Gasteiger partial charge in [-0.2, -0.15) is 0 Å². The molecule has 2 amide bonds. The van der Waals surface area contributed by atoms with Crippen molar-refractivity contribution in [3.63, 3.8) is 0 Å². The molecule has 7 nitrogen and oxygen atoms in total. The first-order valence-corrected chi connectivity index (χ1v) is 13.5. The fourth-order valence-electron chi connectivity index (χ4n) is 6.43. The minimum Gasteiger partial charge on any atom is -0.494 e. The van der Waals surface area contributed by atoms with Gasteiger partial charge in [0.05, 0.1) is 17.6 Å². The van der Waals surface area contributed by atoms with Crippen molar-refractivity contribution in [2.75, 3.05) is 26.2 Å². The number of aryl methyl sites for hydroxylation is 1. The minimum absolute atomic E-state index is 0.0401. The number of carbonyl (C=O) groups is 2. The van der Waals surface area contributed by atoms with E-state index < -0.39 is 11.4 Å².